The summed E-state index contributed by atoms with van der Waals surface area (Å²) in [5.74, 6) is 3.06. The quantitative estimate of drug-likeness (QED) is 0.201. The maximum Gasteiger partial charge on any atom is 0.346 e. The van der Waals surface area contributed by atoms with E-state index in [1.54, 1.807) is 0 Å². The molecule has 0 bridgehead atoms. The zero-order valence-corrected chi connectivity index (χ0v) is 25.3. The van der Waals surface area contributed by atoms with E-state index in [0.717, 1.165) is 46.3 Å². The number of fused-ring (bicyclic) bond motifs is 2. The second-order valence-electron chi connectivity index (χ2n) is 11.3. The molecule has 0 amide bonds. The second kappa shape index (κ2) is 12.2. The number of anilines is 2. The highest BCUT2D eigenvalue weighted by Crippen LogP contribution is 2.43. The van der Waals surface area contributed by atoms with Gasteiger partial charge in [-0.15, -0.1) is 0 Å². The number of hydrogen-bond acceptors (Lipinski definition) is 10. The molecule has 0 aliphatic carbocycles. The monoisotopic (exact) mass is 628 g/mol. The van der Waals surface area contributed by atoms with Gasteiger partial charge in [0.05, 0.1) is 21.5 Å². The molecule has 4 N–H and O–H groups in total. The molecule has 10 heteroatoms. The first-order chi connectivity index (χ1) is 22.5. The van der Waals surface area contributed by atoms with E-state index in [4.69, 9.17) is 20.9 Å². The Morgan fingerprint density at radius 1 is 0.489 bits per heavy atom. The molecule has 0 aliphatic rings. The lowest BCUT2D eigenvalue weighted by Crippen LogP contribution is -2.20. The summed E-state index contributed by atoms with van der Waals surface area (Å²) in [5, 5.41) is -0.0726. The van der Waals surface area contributed by atoms with Crippen LogP contribution >= 0.6 is 0 Å². The standard InChI is InChI=1S/C27H26N2O2.C10H2O6/c1-27(2,23-7-3-5-9-25(23)30-21-15-11-19(28)12-16-21)24-8-4-6-10-26(24)31-22-17-13-20(29)14-18-22;11-7-3-1-4-6(10(14)16-8(4)12)2-5(3)9(13)15-7/h3-18H,28-29H2,1-2H3;1-2H. The van der Waals surface area contributed by atoms with E-state index in [1.165, 1.54) is 0 Å². The number of ether oxygens (including phenoxy) is 2. The molecule has 2 heterocycles. The van der Waals surface area contributed by atoms with E-state index in [1.807, 2.05) is 84.9 Å². The molecule has 7 aromatic rings. The first-order valence-corrected chi connectivity index (χ1v) is 14.5. The Bertz CT molecular complexity index is 2190. The molecule has 0 fully saturated rings. The summed E-state index contributed by atoms with van der Waals surface area (Å²) in [6, 6.07) is 33.3. The molecular weight excluding hydrogens is 600 g/mol. The Morgan fingerprint density at radius 2 is 0.809 bits per heavy atom. The number of nitrogen functional groups attached to an aromatic ring is 2. The lowest BCUT2D eigenvalue weighted by Gasteiger charge is -2.30. The van der Waals surface area contributed by atoms with Crippen molar-refractivity contribution in [2.24, 2.45) is 0 Å². The SMILES string of the molecule is CC(C)(c1ccccc1Oc1ccc(N)cc1)c1ccccc1Oc1ccc(N)cc1.O=c1oc(=O)c2cc3c(=O)oc(=O)c3cc12. The van der Waals surface area contributed by atoms with Gasteiger partial charge < -0.3 is 29.8 Å². The summed E-state index contributed by atoms with van der Waals surface area (Å²) in [6.45, 7) is 4.34. The van der Waals surface area contributed by atoms with E-state index in [2.05, 4.69) is 34.8 Å². The molecular formula is C37H28N2O8. The van der Waals surface area contributed by atoms with Crippen LogP contribution in [0.15, 0.2) is 137 Å². The van der Waals surface area contributed by atoms with Gasteiger partial charge in [0.15, 0.2) is 0 Å². The van der Waals surface area contributed by atoms with Crippen molar-refractivity contribution >= 4 is 32.9 Å². The highest BCUT2D eigenvalue weighted by molar-refractivity contribution is 5.96. The fourth-order valence-electron chi connectivity index (χ4n) is 5.28. The van der Waals surface area contributed by atoms with Crippen LogP contribution in [0.1, 0.15) is 25.0 Å². The predicted molar refractivity (Wildman–Crippen MR) is 180 cm³/mol. The molecule has 0 unspecified atom stereocenters. The number of nitrogens with two attached hydrogens (primary N) is 2. The van der Waals surface area contributed by atoms with Gasteiger partial charge in [-0.25, -0.2) is 19.2 Å². The van der Waals surface area contributed by atoms with Gasteiger partial charge in [-0.2, -0.15) is 0 Å². The van der Waals surface area contributed by atoms with Crippen LogP contribution in [0, 0.1) is 0 Å². The number of hydrogen-bond donors (Lipinski definition) is 2. The first-order valence-electron chi connectivity index (χ1n) is 14.5. The van der Waals surface area contributed by atoms with Crippen molar-refractivity contribution in [2.45, 2.75) is 19.3 Å². The molecule has 47 heavy (non-hydrogen) atoms. The molecule has 10 nitrogen and oxygen atoms in total. The van der Waals surface area contributed by atoms with Crippen molar-refractivity contribution in [1.29, 1.82) is 0 Å². The van der Waals surface area contributed by atoms with Gasteiger partial charge in [-0.05, 0) is 72.8 Å². The highest BCUT2D eigenvalue weighted by atomic mass is 16.5. The molecule has 0 aliphatic heterocycles. The van der Waals surface area contributed by atoms with Gasteiger partial charge in [0, 0.05) is 27.9 Å². The average molecular weight is 629 g/mol. The third-order valence-electron chi connectivity index (χ3n) is 7.74. The van der Waals surface area contributed by atoms with E-state index < -0.39 is 22.5 Å². The van der Waals surface area contributed by atoms with Crippen LogP contribution in [-0.4, -0.2) is 0 Å². The van der Waals surface area contributed by atoms with Crippen LogP contribution < -0.4 is 43.4 Å². The molecule has 7 rings (SSSR count). The van der Waals surface area contributed by atoms with Gasteiger partial charge in [0.1, 0.15) is 23.0 Å². The molecule has 0 spiro atoms. The van der Waals surface area contributed by atoms with Crippen molar-refractivity contribution in [2.75, 3.05) is 11.5 Å². The van der Waals surface area contributed by atoms with Gasteiger partial charge in [-0.1, -0.05) is 50.2 Å². The Kier molecular flexibility index (Phi) is 7.92. The Hall–Kier alpha value is -6.42. The van der Waals surface area contributed by atoms with Crippen LogP contribution in [0.4, 0.5) is 11.4 Å². The zero-order chi connectivity index (χ0) is 33.3. The van der Waals surface area contributed by atoms with Crippen LogP contribution in [0.25, 0.3) is 21.5 Å². The first kappa shape index (κ1) is 30.6. The van der Waals surface area contributed by atoms with Crippen molar-refractivity contribution < 1.29 is 18.3 Å². The summed E-state index contributed by atoms with van der Waals surface area (Å²) in [4.78, 5) is 44.7. The normalized spacial score (nSPS) is 11.3. The smallest absolute Gasteiger partial charge is 0.346 e. The highest BCUT2D eigenvalue weighted by Gasteiger charge is 2.30. The van der Waals surface area contributed by atoms with Crippen molar-refractivity contribution in [3.63, 3.8) is 0 Å². The molecule has 0 atom stereocenters. The maximum absolute atomic E-state index is 11.2. The summed E-state index contributed by atoms with van der Waals surface area (Å²) in [5.41, 5.74) is 11.5. The van der Waals surface area contributed by atoms with E-state index >= 15 is 0 Å². The Morgan fingerprint density at radius 3 is 1.15 bits per heavy atom. The third kappa shape index (κ3) is 6.12. The summed E-state index contributed by atoms with van der Waals surface area (Å²) in [6.07, 6.45) is 0. The third-order valence-corrected chi connectivity index (χ3v) is 7.74. The Labute approximate surface area is 266 Å². The second-order valence-corrected chi connectivity index (χ2v) is 11.3. The summed E-state index contributed by atoms with van der Waals surface area (Å²) >= 11 is 0. The maximum atomic E-state index is 11.2. The minimum absolute atomic E-state index is 0.0181. The van der Waals surface area contributed by atoms with E-state index in [-0.39, 0.29) is 27.0 Å². The van der Waals surface area contributed by atoms with Crippen LogP contribution in [0.5, 0.6) is 23.0 Å². The number of para-hydroxylation sites is 2. The largest absolute Gasteiger partial charge is 0.457 e. The van der Waals surface area contributed by atoms with Gasteiger partial charge in [0.2, 0.25) is 0 Å². The fourth-order valence-corrected chi connectivity index (χ4v) is 5.28. The number of rotatable bonds is 6. The minimum atomic E-state index is -0.824. The Balaban J connectivity index is 0.000000201. The molecule has 0 radical (unpaired) electrons. The van der Waals surface area contributed by atoms with Crippen molar-refractivity contribution in [3.05, 3.63) is 162 Å². The number of furan rings is 2. The van der Waals surface area contributed by atoms with Gasteiger partial charge in [-0.3, -0.25) is 0 Å². The topological polar surface area (TPSA) is 165 Å². The van der Waals surface area contributed by atoms with Gasteiger partial charge in [0.25, 0.3) is 0 Å². The molecule has 0 saturated heterocycles. The van der Waals surface area contributed by atoms with E-state index in [0.29, 0.717) is 11.4 Å². The lowest BCUT2D eigenvalue weighted by molar-refractivity contribution is 0.445. The van der Waals surface area contributed by atoms with Crippen LogP contribution in [0.3, 0.4) is 0 Å². The summed E-state index contributed by atoms with van der Waals surface area (Å²) < 4.78 is 21.1. The minimum Gasteiger partial charge on any atom is -0.457 e. The molecule has 234 valence electrons. The molecule has 2 aromatic heterocycles. The van der Waals surface area contributed by atoms with Crippen molar-refractivity contribution in [1.82, 2.24) is 0 Å². The van der Waals surface area contributed by atoms with Crippen molar-refractivity contribution in [3.8, 4) is 23.0 Å². The zero-order valence-electron chi connectivity index (χ0n) is 25.3. The fraction of sp³-hybridized carbons (Fsp3) is 0.0811. The van der Waals surface area contributed by atoms with E-state index in [9.17, 15) is 19.2 Å². The summed E-state index contributed by atoms with van der Waals surface area (Å²) in [7, 11) is 0. The lowest BCUT2D eigenvalue weighted by atomic mass is 9.77. The van der Waals surface area contributed by atoms with Crippen LogP contribution in [-0.2, 0) is 5.41 Å². The average Bonchev–Trinajstić information content (AvgIpc) is 3.51. The number of benzene rings is 5. The molecule has 0 saturated carbocycles. The van der Waals surface area contributed by atoms with Gasteiger partial charge >= 0.3 is 22.5 Å². The van der Waals surface area contributed by atoms with Crippen LogP contribution in [0.2, 0.25) is 0 Å². The molecule has 5 aromatic carbocycles. The predicted octanol–water partition coefficient (Wildman–Crippen LogP) is 6.26.